The Bertz CT molecular complexity index is 259. The molecule has 0 N–H and O–H groups in total. The smallest absolute Gasteiger partial charge is 0.308 e. The van der Waals surface area contributed by atoms with Crippen LogP contribution in [0.1, 0.15) is 27.7 Å². The van der Waals surface area contributed by atoms with E-state index in [4.69, 9.17) is 9.05 Å². The van der Waals surface area contributed by atoms with Crippen LogP contribution >= 0.6 is 7.60 Å². The molecule has 0 amide bonds. The van der Waals surface area contributed by atoms with Crippen molar-refractivity contribution in [3.8, 4) is 0 Å². The highest BCUT2D eigenvalue weighted by molar-refractivity contribution is 7.54. The topological polar surface area (TPSA) is 78.7 Å². The number of nitrogens with zero attached hydrogens (tertiary/aromatic N) is 1. The van der Waals surface area contributed by atoms with Gasteiger partial charge in [-0.15, -0.1) is 0 Å². The van der Waals surface area contributed by atoms with E-state index in [1.54, 1.807) is 27.7 Å². The lowest BCUT2D eigenvalue weighted by molar-refractivity contribution is -0.480. The van der Waals surface area contributed by atoms with E-state index >= 15 is 0 Å². The predicted molar refractivity (Wildman–Crippen MR) is 61.3 cm³/mol. The van der Waals surface area contributed by atoms with Gasteiger partial charge in [0, 0.05) is 4.92 Å². The second-order valence-corrected chi connectivity index (χ2v) is 5.96. The first-order valence-corrected chi connectivity index (χ1v) is 6.99. The van der Waals surface area contributed by atoms with E-state index in [2.05, 4.69) is 0 Å². The summed E-state index contributed by atoms with van der Waals surface area (Å²) in [6.07, 6.45) is 0. The first-order valence-electron chi connectivity index (χ1n) is 5.38. The summed E-state index contributed by atoms with van der Waals surface area (Å²) in [5.74, 6) is -0.130. The minimum atomic E-state index is -3.38. The normalized spacial score (nSPS) is 14.1. The highest BCUT2D eigenvalue weighted by atomic mass is 31.2. The minimum Gasteiger partial charge on any atom is -0.308 e. The van der Waals surface area contributed by atoms with Crippen LogP contribution in [-0.2, 0) is 13.6 Å². The van der Waals surface area contributed by atoms with Gasteiger partial charge in [0.05, 0.1) is 13.2 Å². The molecule has 0 aromatic heterocycles. The van der Waals surface area contributed by atoms with Crippen molar-refractivity contribution in [2.24, 2.45) is 5.92 Å². The van der Waals surface area contributed by atoms with Crippen molar-refractivity contribution >= 4 is 7.60 Å². The van der Waals surface area contributed by atoms with Gasteiger partial charge in [-0.25, -0.2) is 0 Å². The molecule has 0 saturated heterocycles. The molecule has 0 saturated carbocycles. The molecule has 0 spiro atoms. The van der Waals surface area contributed by atoms with Crippen LogP contribution < -0.4 is 0 Å². The molecule has 96 valence electrons. The van der Waals surface area contributed by atoms with E-state index in [9.17, 15) is 14.7 Å². The van der Waals surface area contributed by atoms with Crippen LogP contribution in [0.4, 0.5) is 0 Å². The first kappa shape index (κ1) is 15.6. The molecule has 0 aliphatic heterocycles. The molecule has 0 bridgehead atoms. The molecule has 1 atom stereocenters. The fourth-order valence-corrected chi connectivity index (χ4v) is 3.66. The van der Waals surface area contributed by atoms with Gasteiger partial charge in [0.15, 0.2) is 0 Å². The Labute approximate surface area is 96.0 Å². The molecule has 0 aliphatic carbocycles. The summed E-state index contributed by atoms with van der Waals surface area (Å²) in [6.45, 7) is 6.98. The second kappa shape index (κ2) is 6.99. The van der Waals surface area contributed by atoms with Crippen molar-refractivity contribution in [1.82, 2.24) is 0 Å². The van der Waals surface area contributed by atoms with Gasteiger partial charge in [-0.2, -0.15) is 0 Å². The average Bonchev–Trinajstić information content (AvgIpc) is 2.14. The molecular formula is C9H20NO5P. The lowest BCUT2D eigenvalue weighted by Gasteiger charge is -2.26. The lowest BCUT2D eigenvalue weighted by atomic mass is 10.1. The quantitative estimate of drug-likeness (QED) is 0.377. The summed E-state index contributed by atoms with van der Waals surface area (Å²) >= 11 is 0. The van der Waals surface area contributed by atoms with Crippen LogP contribution in [0.5, 0.6) is 0 Å². The fraction of sp³-hybridized carbons (Fsp3) is 1.00. The van der Waals surface area contributed by atoms with E-state index in [-0.39, 0.29) is 19.1 Å². The third-order valence-electron chi connectivity index (χ3n) is 2.13. The maximum absolute atomic E-state index is 12.3. The van der Waals surface area contributed by atoms with Crippen LogP contribution in [0.25, 0.3) is 0 Å². The zero-order valence-electron chi connectivity index (χ0n) is 10.2. The van der Waals surface area contributed by atoms with E-state index < -0.39 is 24.7 Å². The van der Waals surface area contributed by atoms with Gasteiger partial charge >= 0.3 is 7.60 Å². The zero-order chi connectivity index (χ0) is 12.8. The summed E-state index contributed by atoms with van der Waals surface area (Å²) in [5.41, 5.74) is -0.692. The average molecular weight is 253 g/mol. The van der Waals surface area contributed by atoms with Gasteiger partial charge in [-0.3, -0.25) is 14.7 Å². The van der Waals surface area contributed by atoms with Crippen LogP contribution in [0.2, 0.25) is 0 Å². The van der Waals surface area contributed by atoms with Crippen LogP contribution in [0, 0.1) is 16.0 Å². The number of rotatable bonds is 8. The van der Waals surface area contributed by atoms with E-state index in [1.165, 1.54) is 0 Å². The largest absolute Gasteiger partial charge is 0.340 e. The summed E-state index contributed by atoms with van der Waals surface area (Å²) in [5, 5.41) is 10.5. The Morgan fingerprint density at radius 3 is 1.94 bits per heavy atom. The predicted octanol–water partition coefficient (Wildman–Crippen LogP) is 2.55. The third-order valence-corrected chi connectivity index (χ3v) is 4.94. The van der Waals surface area contributed by atoms with Gasteiger partial charge in [-0.05, 0) is 19.8 Å². The molecular weight excluding hydrogens is 233 g/mol. The molecule has 0 unspecified atom stereocenters. The maximum atomic E-state index is 12.3. The molecule has 6 nitrogen and oxygen atoms in total. The monoisotopic (exact) mass is 253 g/mol. The zero-order valence-corrected chi connectivity index (χ0v) is 11.1. The molecule has 16 heavy (non-hydrogen) atoms. The maximum Gasteiger partial charge on any atom is 0.340 e. The van der Waals surface area contributed by atoms with Gasteiger partial charge in [0.25, 0.3) is 0 Å². The minimum absolute atomic E-state index is 0.130. The lowest BCUT2D eigenvalue weighted by Crippen LogP contribution is -2.27. The standard InChI is InChI=1S/C9H20NO5P/c1-5-14-16(13,15-6-2)9(8(3)4)7-10(11)12/h8-9H,5-7H2,1-4H3/t9-/m0/s1. The summed E-state index contributed by atoms with van der Waals surface area (Å²) in [4.78, 5) is 10.1. The van der Waals surface area contributed by atoms with Gasteiger partial charge in [0.1, 0.15) is 5.66 Å². The van der Waals surface area contributed by atoms with E-state index in [0.29, 0.717) is 0 Å². The summed E-state index contributed by atoms with van der Waals surface area (Å²) < 4.78 is 22.6. The molecule has 0 rings (SSSR count). The van der Waals surface area contributed by atoms with Crippen molar-refractivity contribution in [1.29, 1.82) is 0 Å². The summed E-state index contributed by atoms with van der Waals surface area (Å²) in [6, 6.07) is 0. The molecule has 0 heterocycles. The molecule has 0 aromatic rings. The van der Waals surface area contributed by atoms with E-state index in [1.807, 2.05) is 0 Å². The SMILES string of the molecule is CCOP(=O)(OCC)[C@@H](C[N+](=O)[O-])C(C)C. The Morgan fingerprint density at radius 2 is 1.69 bits per heavy atom. The number of hydrogen-bond donors (Lipinski definition) is 0. The summed E-state index contributed by atoms with van der Waals surface area (Å²) in [7, 11) is -3.38. The molecule has 0 radical (unpaired) electrons. The highest BCUT2D eigenvalue weighted by Gasteiger charge is 2.41. The van der Waals surface area contributed by atoms with Crippen molar-refractivity contribution in [2.45, 2.75) is 33.4 Å². The molecule has 0 aliphatic rings. The van der Waals surface area contributed by atoms with Crippen molar-refractivity contribution < 1.29 is 18.5 Å². The van der Waals surface area contributed by atoms with Crippen molar-refractivity contribution in [3.63, 3.8) is 0 Å². The van der Waals surface area contributed by atoms with Gasteiger partial charge in [-0.1, -0.05) is 13.8 Å². The van der Waals surface area contributed by atoms with Crippen LogP contribution in [0.15, 0.2) is 0 Å². The van der Waals surface area contributed by atoms with Crippen molar-refractivity contribution in [2.75, 3.05) is 19.8 Å². The Hall–Kier alpha value is -0.450. The van der Waals surface area contributed by atoms with Gasteiger partial charge < -0.3 is 9.05 Å². The number of hydrogen-bond acceptors (Lipinski definition) is 5. The van der Waals surface area contributed by atoms with Gasteiger partial charge in [0.2, 0.25) is 6.54 Å². The molecule has 0 aromatic carbocycles. The second-order valence-electron chi connectivity index (χ2n) is 3.70. The third kappa shape index (κ3) is 4.60. The van der Waals surface area contributed by atoms with E-state index in [0.717, 1.165) is 0 Å². The molecule has 7 heteroatoms. The Morgan fingerprint density at radius 1 is 1.25 bits per heavy atom. The Balaban J connectivity index is 4.93. The fourth-order valence-electron chi connectivity index (χ4n) is 1.42. The molecule has 0 fully saturated rings. The first-order chi connectivity index (χ1) is 7.37. The van der Waals surface area contributed by atoms with Crippen LogP contribution in [-0.4, -0.2) is 30.3 Å². The van der Waals surface area contributed by atoms with Crippen LogP contribution in [0.3, 0.4) is 0 Å². The van der Waals surface area contributed by atoms with Crippen molar-refractivity contribution in [3.05, 3.63) is 10.1 Å². The Kier molecular flexibility index (Phi) is 6.79. The number of nitro groups is 1. The highest BCUT2D eigenvalue weighted by Crippen LogP contribution is 2.55.